The number of rotatable bonds is 7. The molecule has 1 unspecified atom stereocenters. The van der Waals surface area contributed by atoms with Gasteiger partial charge < -0.3 is 9.64 Å². The van der Waals surface area contributed by atoms with Gasteiger partial charge in [-0.15, -0.1) is 11.6 Å². The number of anilines is 1. The number of nitrogens with zero attached hydrogens (tertiary/aromatic N) is 1. The second kappa shape index (κ2) is 7.59. The van der Waals surface area contributed by atoms with E-state index in [4.69, 9.17) is 16.3 Å². The molecule has 0 aliphatic rings. The van der Waals surface area contributed by atoms with Crippen molar-refractivity contribution in [1.82, 2.24) is 0 Å². The predicted octanol–water partition coefficient (Wildman–Crippen LogP) is 3.82. The van der Waals surface area contributed by atoms with Crippen LogP contribution in [-0.4, -0.2) is 26.3 Å². The fourth-order valence-corrected chi connectivity index (χ4v) is 2.20. The summed E-state index contributed by atoms with van der Waals surface area (Å²) in [6.07, 6.45) is 0.988. The predicted molar refractivity (Wildman–Crippen MR) is 74.9 cm³/mol. The minimum Gasteiger partial charge on any atom is -0.383 e. The summed E-state index contributed by atoms with van der Waals surface area (Å²) in [5.41, 5.74) is 1.44. The molecule has 0 bridgehead atoms. The lowest BCUT2D eigenvalue weighted by Gasteiger charge is -2.32. The topological polar surface area (TPSA) is 12.5 Å². The first-order valence-electron chi connectivity index (χ1n) is 6.24. The van der Waals surface area contributed by atoms with Crippen LogP contribution in [0.15, 0.2) is 18.2 Å². The lowest BCUT2D eigenvalue weighted by Crippen LogP contribution is -2.36. The van der Waals surface area contributed by atoms with Crippen LogP contribution in [0, 0.1) is 5.82 Å². The number of hydrogen-bond donors (Lipinski definition) is 0. The van der Waals surface area contributed by atoms with Crippen molar-refractivity contribution in [3.63, 3.8) is 0 Å². The molecule has 0 amide bonds. The molecule has 0 aliphatic carbocycles. The van der Waals surface area contributed by atoms with Crippen LogP contribution in [0.4, 0.5) is 10.1 Å². The third kappa shape index (κ3) is 3.59. The summed E-state index contributed by atoms with van der Waals surface area (Å²) in [7, 11) is 1.67. The average Bonchev–Trinajstić information content (AvgIpc) is 2.39. The van der Waals surface area contributed by atoms with E-state index in [0.717, 1.165) is 18.7 Å². The fraction of sp³-hybridized carbons (Fsp3) is 0.571. The summed E-state index contributed by atoms with van der Waals surface area (Å²) in [6.45, 7) is 5.59. The fourth-order valence-electron chi connectivity index (χ4n) is 1.94. The lowest BCUT2D eigenvalue weighted by atomic mass is 10.1. The second-order valence-electron chi connectivity index (χ2n) is 4.31. The second-order valence-corrected chi connectivity index (χ2v) is 4.58. The van der Waals surface area contributed by atoms with E-state index in [1.807, 2.05) is 6.07 Å². The van der Waals surface area contributed by atoms with Gasteiger partial charge >= 0.3 is 0 Å². The normalized spacial score (nSPS) is 12.5. The van der Waals surface area contributed by atoms with E-state index >= 15 is 0 Å². The molecule has 1 atom stereocenters. The average molecular weight is 274 g/mol. The van der Waals surface area contributed by atoms with Crippen molar-refractivity contribution in [1.29, 1.82) is 0 Å². The molecule has 0 radical (unpaired) electrons. The maximum atomic E-state index is 13.8. The van der Waals surface area contributed by atoms with Gasteiger partial charge in [-0.2, -0.15) is 0 Å². The summed E-state index contributed by atoms with van der Waals surface area (Å²) < 4.78 is 18.9. The molecule has 0 saturated heterocycles. The van der Waals surface area contributed by atoms with Crippen molar-refractivity contribution in [3.8, 4) is 0 Å². The van der Waals surface area contributed by atoms with Crippen molar-refractivity contribution in [2.24, 2.45) is 0 Å². The Morgan fingerprint density at radius 1 is 1.44 bits per heavy atom. The Hall–Kier alpha value is -0.800. The minimum atomic E-state index is -0.242. The van der Waals surface area contributed by atoms with Crippen molar-refractivity contribution in [2.45, 2.75) is 32.2 Å². The molecule has 0 saturated carbocycles. The van der Waals surface area contributed by atoms with Crippen LogP contribution in [0.3, 0.4) is 0 Å². The van der Waals surface area contributed by atoms with Crippen LogP contribution in [0.25, 0.3) is 0 Å². The van der Waals surface area contributed by atoms with Crippen LogP contribution in [-0.2, 0) is 10.6 Å². The van der Waals surface area contributed by atoms with Gasteiger partial charge in [0, 0.05) is 30.9 Å². The third-order valence-corrected chi connectivity index (χ3v) is 3.46. The van der Waals surface area contributed by atoms with Gasteiger partial charge in [0.2, 0.25) is 0 Å². The van der Waals surface area contributed by atoms with Crippen LogP contribution in [0.1, 0.15) is 25.8 Å². The number of halogens is 2. The van der Waals surface area contributed by atoms with Crippen LogP contribution >= 0.6 is 11.6 Å². The highest BCUT2D eigenvalue weighted by molar-refractivity contribution is 6.17. The molecular formula is C14H21ClFNO. The molecule has 0 heterocycles. The molecule has 1 rings (SSSR count). The molecule has 1 aromatic rings. The van der Waals surface area contributed by atoms with Crippen LogP contribution in [0.2, 0.25) is 0 Å². The SMILES string of the molecule is CCC(C)N(CCOC)c1cccc(F)c1CCl. The summed E-state index contributed by atoms with van der Waals surface area (Å²) in [5.74, 6) is -0.0599. The molecule has 102 valence electrons. The van der Waals surface area contributed by atoms with Crippen LogP contribution in [0.5, 0.6) is 0 Å². The number of hydrogen-bond acceptors (Lipinski definition) is 2. The first-order chi connectivity index (χ1) is 8.65. The molecule has 0 spiro atoms. The van der Waals surface area contributed by atoms with E-state index < -0.39 is 0 Å². The first kappa shape index (κ1) is 15.3. The number of alkyl halides is 1. The van der Waals surface area contributed by atoms with Gasteiger partial charge in [-0.25, -0.2) is 4.39 Å². The quantitative estimate of drug-likeness (QED) is 0.701. The summed E-state index contributed by atoms with van der Waals surface area (Å²) in [4.78, 5) is 2.16. The van der Waals surface area contributed by atoms with Crippen molar-refractivity contribution in [2.75, 3.05) is 25.2 Å². The number of ether oxygens (including phenoxy) is 1. The zero-order valence-corrected chi connectivity index (χ0v) is 12.0. The zero-order chi connectivity index (χ0) is 13.5. The molecule has 0 aliphatic heterocycles. The Bertz CT molecular complexity index is 373. The molecule has 0 fully saturated rings. The van der Waals surface area contributed by atoms with Crippen molar-refractivity contribution < 1.29 is 9.13 Å². The minimum absolute atomic E-state index is 0.182. The molecule has 1 aromatic carbocycles. The molecular weight excluding hydrogens is 253 g/mol. The van der Waals surface area contributed by atoms with Gasteiger partial charge in [0.15, 0.2) is 0 Å². The van der Waals surface area contributed by atoms with Gasteiger partial charge in [-0.3, -0.25) is 0 Å². The van der Waals surface area contributed by atoms with E-state index in [2.05, 4.69) is 18.7 Å². The largest absolute Gasteiger partial charge is 0.383 e. The maximum absolute atomic E-state index is 13.8. The lowest BCUT2D eigenvalue weighted by molar-refractivity contribution is 0.203. The van der Waals surface area contributed by atoms with E-state index in [9.17, 15) is 4.39 Å². The summed E-state index contributed by atoms with van der Waals surface area (Å²) in [6, 6.07) is 5.42. The van der Waals surface area contributed by atoms with E-state index in [0.29, 0.717) is 18.2 Å². The van der Waals surface area contributed by atoms with Crippen LogP contribution < -0.4 is 4.90 Å². The Morgan fingerprint density at radius 3 is 2.72 bits per heavy atom. The van der Waals surface area contributed by atoms with E-state index in [1.54, 1.807) is 13.2 Å². The van der Waals surface area contributed by atoms with Crippen molar-refractivity contribution in [3.05, 3.63) is 29.6 Å². The number of methoxy groups -OCH3 is 1. The Labute approximate surface area is 114 Å². The Morgan fingerprint density at radius 2 is 2.17 bits per heavy atom. The standard InChI is InChI=1S/C14H21ClFNO/c1-4-11(2)17(8-9-18-3)14-7-5-6-13(16)12(14)10-15/h5-7,11H,4,8-10H2,1-3H3. The van der Waals surface area contributed by atoms with Gasteiger partial charge in [-0.05, 0) is 25.5 Å². The summed E-state index contributed by atoms with van der Waals surface area (Å²) >= 11 is 5.87. The highest BCUT2D eigenvalue weighted by atomic mass is 35.5. The van der Waals surface area contributed by atoms with Gasteiger partial charge in [0.1, 0.15) is 5.82 Å². The zero-order valence-electron chi connectivity index (χ0n) is 11.2. The maximum Gasteiger partial charge on any atom is 0.129 e. The highest BCUT2D eigenvalue weighted by Gasteiger charge is 2.17. The smallest absolute Gasteiger partial charge is 0.129 e. The molecule has 18 heavy (non-hydrogen) atoms. The number of benzene rings is 1. The van der Waals surface area contributed by atoms with E-state index in [-0.39, 0.29) is 11.7 Å². The van der Waals surface area contributed by atoms with Gasteiger partial charge in [0.05, 0.1) is 12.5 Å². The first-order valence-corrected chi connectivity index (χ1v) is 6.78. The third-order valence-electron chi connectivity index (χ3n) is 3.20. The Balaban J connectivity index is 3.07. The monoisotopic (exact) mass is 273 g/mol. The highest BCUT2D eigenvalue weighted by Crippen LogP contribution is 2.27. The van der Waals surface area contributed by atoms with Crippen molar-refractivity contribution >= 4 is 17.3 Å². The molecule has 0 N–H and O–H groups in total. The molecule has 0 aromatic heterocycles. The Kier molecular flexibility index (Phi) is 6.44. The summed E-state index contributed by atoms with van der Waals surface area (Å²) in [5, 5.41) is 0. The molecule has 2 nitrogen and oxygen atoms in total. The van der Waals surface area contributed by atoms with Gasteiger partial charge in [-0.1, -0.05) is 13.0 Å². The molecule has 4 heteroatoms. The van der Waals surface area contributed by atoms with Gasteiger partial charge in [0.25, 0.3) is 0 Å². The van der Waals surface area contributed by atoms with E-state index in [1.165, 1.54) is 6.07 Å².